The maximum atomic E-state index is 6.80. The van der Waals surface area contributed by atoms with E-state index >= 15 is 0 Å². The molecule has 0 aliphatic heterocycles. The number of thiophene rings is 2. The van der Waals surface area contributed by atoms with E-state index in [9.17, 15) is 0 Å². The molecule has 0 amide bonds. The molecule has 0 N–H and O–H groups in total. The number of hydrogen-bond donors (Lipinski definition) is 0. The molecule has 1 aliphatic rings. The quantitative estimate of drug-likeness (QED) is 0.0855. The number of hydrogen-bond acceptors (Lipinski definition) is 4. The molecule has 2 aromatic heterocycles. The second-order valence-electron chi connectivity index (χ2n) is 12.8. The van der Waals surface area contributed by atoms with Crippen LogP contribution in [0.15, 0.2) is 37.4 Å². The number of allylic oxidation sites excluding steroid dienone is 2. The molecule has 0 saturated heterocycles. The van der Waals surface area contributed by atoms with E-state index < -0.39 is 36.8 Å². The molecule has 38 heavy (non-hydrogen) atoms. The van der Waals surface area contributed by atoms with Gasteiger partial charge in [-0.25, -0.2) is 0 Å². The van der Waals surface area contributed by atoms with Gasteiger partial charge in [-0.3, -0.25) is 0 Å². The first-order valence-electron chi connectivity index (χ1n) is 14.8. The Kier molecular flexibility index (Phi) is 13.5. The molecule has 2 unspecified atom stereocenters. The Morgan fingerprint density at radius 1 is 0.632 bits per heavy atom. The molecular formula is C32H52O2S2Sn2. The van der Waals surface area contributed by atoms with Gasteiger partial charge in [0.25, 0.3) is 0 Å². The Morgan fingerprint density at radius 3 is 1.34 bits per heavy atom. The third kappa shape index (κ3) is 9.20. The van der Waals surface area contributed by atoms with E-state index in [1.165, 1.54) is 59.4 Å². The summed E-state index contributed by atoms with van der Waals surface area (Å²) in [6.07, 6.45) is 16.2. The molecule has 0 spiro atoms. The molecule has 2 atom stereocenters. The maximum absolute atomic E-state index is 6.80. The van der Waals surface area contributed by atoms with Crippen molar-refractivity contribution in [2.75, 3.05) is 13.2 Å². The summed E-state index contributed by atoms with van der Waals surface area (Å²) in [7, 11) is 0. The van der Waals surface area contributed by atoms with Crippen LogP contribution >= 0.6 is 22.7 Å². The summed E-state index contributed by atoms with van der Waals surface area (Å²) in [5, 5.41) is 0. The predicted octanol–water partition coefficient (Wildman–Crippen LogP) is 9.70. The van der Waals surface area contributed by atoms with Gasteiger partial charge in [0.15, 0.2) is 0 Å². The standard InChI is InChI=1S/C26H34O2S2.6CH3.2Sn/c1-3-5-7-9-11-13-17-27-23-21-15-19-30-26(21)24(22-16-20-29-25(22)23)28-18-14-12-10-8-6-4-2;;;;;;;;/h3-4,15-16,23-24H,1-2,5-14,17-18H2;6*1H3;;. The van der Waals surface area contributed by atoms with Crippen molar-refractivity contribution in [3.8, 4) is 0 Å². The van der Waals surface area contributed by atoms with Gasteiger partial charge in [0.05, 0.1) is 0 Å². The third-order valence-electron chi connectivity index (χ3n) is 7.28. The van der Waals surface area contributed by atoms with E-state index in [1.54, 1.807) is 5.79 Å². The van der Waals surface area contributed by atoms with Gasteiger partial charge in [0.2, 0.25) is 0 Å². The molecule has 2 heterocycles. The molecule has 3 rings (SSSR count). The van der Waals surface area contributed by atoms with Crippen LogP contribution in [-0.4, -0.2) is 50.0 Å². The molecule has 0 radical (unpaired) electrons. The fourth-order valence-electron chi connectivity index (χ4n) is 4.90. The zero-order valence-electron chi connectivity index (χ0n) is 25.0. The van der Waals surface area contributed by atoms with Gasteiger partial charge in [-0.1, -0.05) is 0 Å². The van der Waals surface area contributed by atoms with Crippen LogP contribution < -0.4 is 5.79 Å². The van der Waals surface area contributed by atoms with Gasteiger partial charge < -0.3 is 0 Å². The SMILES string of the molecule is C=CCCCCCCOC1c2c[c]([Sn]([CH3])([CH3])[CH3])sc2C(OCCCCCCC=C)c2c[c]([Sn]([CH3])([CH3])[CH3])sc21. The number of fused-ring (bicyclic) bond motifs is 2. The predicted molar refractivity (Wildman–Crippen MR) is 177 cm³/mol. The van der Waals surface area contributed by atoms with Crippen LogP contribution in [-0.2, 0) is 9.47 Å². The van der Waals surface area contributed by atoms with Gasteiger partial charge >= 0.3 is 239 Å². The van der Waals surface area contributed by atoms with Gasteiger partial charge in [-0.05, 0) is 0 Å². The molecule has 0 bridgehead atoms. The van der Waals surface area contributed by atoms with Gasteiger partial charge in [0, 0.05) is 0 Å². The Hall–Kier alpha value is 0.397. The molecule has 2 aromatic rings. The summed E-state index contributed by atoms with van der Waals surface area (Å²) < 4.78 is 16.9. The van der Waals surface area contributed by atoms with Crippen LogP contribution in [0, 0.1) is 0 Å². The molecule has 0 saturated carbocycles. The molecule has 6 heteroatoms. The molecular weight excluding hydrogens is 718 g/mol. The van der Waals surface area contributed by atoms with Crippen LogP contribution in [0.5, 0.6) is 0 Å². The zero-order chi connectivity index (χ0) is 27.8. The summed E-state index contributed by atoms with van der Waals surface area (Å²) in [5.74, 6) is 0. The zero-order valence-corrected chi connectivity index (χ0v) is 32.3. The van der Waals surface area contributed by atoms with E-state index in [0.29, 0.717) is 0 Å². The molecule has 0 aromatic carbocycles. The molecule has 0 fully saturated rings. The Bertz CT molecular complexity index is 900. The van der Waals surface area contributed by atoms with Crippen molar-refractivity contribution in [3.05, 3.63) is 58.3 Å². The molecule has 1 aliphatic carbocycles. The van der Waals surface area contributed by atoms with Gasteiger partial charge in [-0.15, -0.1) is 13.2 Å². The summed E-state index contributed by atoms with van der Waals surface area (Å²) in [4.78, 5) is 18.1. The van der Waals surface area contributed by atoms with Crippen molar-refractivity contribution < 1.29 is 9.47 Å². The second-order valence-corrected chi connectivity index (χ2v) is 45.8. The van der Waals surface area contributed by atoms with E-state index in [-0.39, 0.29) is 12.2 Å². The van der Waals surface area contributed by atoms with Crippen LogP contribution in [0.2, 0.25) is 29.6 Å². The Balaban J connectivity index is 1.85. The molecule has 2 nitrogen and oxygen atoms in total. The molecule has 212 valence electrons. The van der Waals surface area contributed by atoms with E-state index in [1.807, 2.05) is 12.2 Å². The first-order valence-corrected chi connectivity index (χ1v) is 36.4. The number of ether oxygens (including phenoxy) is 2. The number of unbranched alkanes of at least 4 members (excludes halogenated alkanes) is 8. The van der Waals surface area contributed by atoms with Crippen molar-refractivity contribution in [3.63, 3.8) is 0 Å². The van der Waals surface area contributed by atoms with E-state index in [4.69, 9.17) is 9.47 Å². The van der Waals surface area contributed by atoms with E-state index in [2.05, 4.69) is 77.6 Å². The topological polar surface area (TPSA) is 18.5 Å². The second kappa shape index (κ2) is 15.6. The fourth-order valence-corrected chi connectivity index (χ4v) is 18.0. The van der Waals surface area contributed by atoms with Crippen molar-refractivity contribution >= 4 is 65.2 Å². The monoisotopic (exact) mass is 772 g/mol. The van der Waals surface area contributed by atoms with E-state index in [0.717, 1.165) is 38.9 Å². The first-order chi connectivity index (χ1) is 18.1. The Morgan fingerprint density at radius 2 is 1.00 bits per heavy atom. The average molecular weight is 770 g/mol. The third-order valence-corrected chi connectivity index (χ3v) is 28.5. The average Bonchev–Trinajstić information content (AvgIpc) is 3.49. The normalized spacial score (nSPS) is 17.3. The van der Waals surface area contributed by atoms with Crippen LogP contribution in [0.3, 0.4) is 0 Å². The van der Waals surface area contributed by atoms with Crippen LogP contribution in [0.25, 0.3) is 0 Å². The summed E-state index contributed by atoms with van der Waals surface area (Å²) in [6.45, 7) is 9.38. The minimum atomic E-state index is -2.24. The summed E-state index contributed by atoms with van der Waals surface area (Å²) in [6, 6.07) is 5.08. The fraction of sp³-hybridized carbons (Fsp3) is 0.625. The minimum absolute atomic E-state index is 0.0814. The van der Waals surface area contributed by atoms with Crippen LogP contribution in [0.4, 0.5) is 0 Å². The van der Waals surface area contributed by atoms with Crippen molar-refractivity contribution in [2.45, 2.75) is 106 Å². The Labute approximate surface area is 250 Å². The van der Waals surface area contributed by atoms with Crippen molar-refractivity contribution in [1.29, 1.82) is 0 Å². The van der Waals surface area contributed by atoms with Crippen molar-refractivity contribution in [2.24, 2.45) is 0 Å². The van der Waals surface area contributed by atoms with Crippen LogP contribution in [0.1, 0.15) is 97.3 Å². The van der Waals surface area contributed by atoms with Gasteiger partial charge in [0.1, 0.15) is 0 Å². The van der Waals surface area contributed by atoms with Gasteiger partial charge in [-0.2, -0.15) is 0 Å². The summed E-state index contributed by atoms with van der Waals surface area (Å²) in [5.41, 5.74) is 2.84. The first kappa shape index (κ1) is 32.9. The summed E-state index contributed by atoms with van der Waals surface area (Å²) >= 11 is -0.373. The van der Waals surface area contributed by atoms with Crippen molar-refractivity contribution in [1.82, 2.24) is 0 Å². The number of rotatable bonds is 18.